The molecule has 18 heavy (non-hydrogen) atoms. The zero-order valence-electron chi connectivity index (χ0n) is 11.2. The first-order chi connectivity index (χ1) is 8.56. The number of carbonyl (C=O) groups is 1. The lowest BCUT2D eigenvalue weighted by Crippen LogP contribution is -2.68. The Morgan fingerprint density at radius 3 is 2.67 bits per heavy atom. The summed E-state index contributed by atoms with van der Waals surface area (Å²) in [7, 11) is 1.87. The van der Waals surface area contributed by atoms with Crippen LogP contribution in [0.3, 0.4) is 0 Å². The number of rotatable bonds is 3. The molecule has 4 nitrogen and oxygen atoms in total. The summed E-state index contributed by atoms with van der Waals surface area (Å²) in [6, 6.07) is 9.96. The Balaban J connectivity index is 2.38. The van der Waals surface area contributed by atoms with E-state index in [-0.39, 0.29) is 17.5 Å². The second kappa shape index (κ2) is 4.98. The summed E-state index contributed by atoms with van der Waals surface area (Å²) in [4.78, 5) is 14.3. The molecule has 2 rings (SSSR count). The first-order valence-corrected chi connectivity index (χ1v) is 6.33. The summed E-state index contributed by atoms with van der Waals surface area (Å²) in [5.41, 5.74) is 1.01. The van der Waals surface area contributed by atoms with Gasteiger partial charge in [-0.2, -0.15) is 0 Å². The number of nitrogens with zero attached hydrogens (tertiary/aromatic N) is 1. The van der Waals surface area contributed by atoms with E-state index in [1.807, 2.05) is 25.2 Å². The monoisotopic (exact) mass is 247 g/mol. The van der Waals surface area contributed by atoms with Gasteiger partial charge in [0.1, 0.15) is 6.04 Å². The number of nitrogens with one attached hydrogen (secondary N) is 2. The fourth-order valence-corrected chi connectivity index (χ4v) is 2.54. The average molecular weight is 247 g/mol. The second-order valence-electron chi connectivity index (χ2n) is 5.31. The predicted molar refractivity (Wildman–Crippen MR) is 73.7 cm³/mol. The molecule has 1 heterocycles. The third-order valence-electron chi connectivity index (χ3n) is 3.39. The van der Waals surface area contributed by atoms with E-state index >= 15 is 0 Å². The summed E-state index contributed by atoms with van der Waals surface area (Å²) >= 11 is 0. The third-order valence-corrected chi connectivity index (χ3v) is 3.39. The van der Waals surface area contributed by atoms with Crippen LogP contribution in [0.25, 0.3) is 0 Å². The molecule has 1 aliphatic heterocycles. The molecule has 0 spiro atoms. The number of amides is 1. The van der Waals surface area contributed by atoms with Crippen LogP contribution in [-0.4, -0.2) is 37.6 Å². The molecule has 1 aromatic carbocycles. The number of anilines is 1. The Kier molecular flexibility index (Phi) is 3.57. The molecule has 0 aromatic heterocycles. The highest BCUT2D eigenvalue weighted by Gasteiger charge is 2.40. The van der Waals surface area contributed by atoms with Crippen molar-refractivity contribution in [3.8, 4) is 0 Å². The van der Waals surface area contributed by atoms with Gasteiger partial charge in [0.15, 0.2) is 0 Å². The Hall–Kier alpha value is -1.55. The molecular weight excluding hydrogens is 226 g/mol. The molecule has 0 aliphatic carbocycles. The summed E-state index contributed by atoms with van der Waals surface area (Å²) in [6.45, 7) is 5.62. The van der Waals surface area contributed by atoms with Crippen LogP contribution in [0.5, 0.6) is 0 Å². The van der Waals surface area contributed by atoms with Gasteiger partial charge in [0.2, 0.25) is 5.91 Å². The van der Waals surface area contributed by atoms with Gasteiger partial charge in [-0.3, -0.25) is 4.79 Å². The van der Waals surface area contributed by atoms with E-state index in [1.165, 1.54) is 0 Å². The van der Waals surface area contributed by atoms with Gasteiger partial charge in [-0.15, -0.1) is 0 Å². The highest BCUT2D eigenvalue weighted by molar-refractivity contribution is 5.87. The Morgan fingerprint density at radius 2 is 2.06 bits per heavy atom. The number of piperazine rings is 1. The van der Waals surface area contributed by atoms with Crippen LogP contribution in [0.4, 0.5) is 5.69 Å². The fraction of sp³-hybridized carbons (Fsp3) is 0.500. The van der Waals surface area contributed by atoms with E-state index < -0.39 is 0 Å². The lowest BCUT2D eigenvalue weighted by atomic mass is 9.94. The quantitative estimate of drug-likeness (QED) is 0.837. The zero-order valence-corrected chi connectivity index (χ0v) is 11.2. The van der Waals surface area contributed by atoms with Crippen molar-refractivity contribution in [2.45, 2.75) is 25.4 Å². The molecule has 1 aliphatic rings. The number of benzene rings is 1. The first-order valence-electron chi connectivity index (χ1n) is 6.33. The molecule has 0 radical (unpaired) electrons. The topological polar surface area (TPSA) is 44.4 Å². The summed E-state index contributed by atoms with van der Waals surface area (Å²) < 4.78 is 0. The Bertz CT molecular complexity index is 416. The van der Waals surface area contributed by atoms with Gasteiger partial charge in [-0.05, 0) is 33.0 Å². The van der Waals surface area contributed by atoms with Crippen LogP contribution in [0.15, 0.2) is 30.3 Å². The van der Waals surface area contributed by atoms with Gasteiger partial charge in [0.05, 0.1) is 5.54 Å². The van der Waals surface area contributed by atoms with Gasteiger partial charge < -0.3 is 15.5 Å². The van der Waals surface area contributed by atoms with E-state index in [0.717, 1.165) is 5.69 Å². The summed E-state index contributed by atoms with van der Waals surface area (Å²) in [5.74, 6) is 0.0903. The molecule has 98 valence electrons. The van der Waals surface area contributed by atoms with E-state index in [1.54, 1.807) is 0 Å². The smallest absolute Gasteiger partial charge is 0.244 e. The average Bonchev–Trinajstić information content (AvgIpc) is 2.35. The summed E-state index contributed by atoms with van der Waals surface area (Å²) in [5, 5.41) is 6.09. The van der Waals surface area contributed by atoms with Crippen LogP contribution >= 0.6 is 0 Å². The van der Waals surface area contributed by atoms with Crippen molar-refractivity contribution in [3.05, 3.63) is 30.3 Å². The molecule has 1 unspecified atom stereocenters. The van der Waals surface area contributed by atoms with Gasteiger partial charge in [-0.1, -0.05) is 18.2 Å². The molecular formula is C14H21N3O. The number of likely N-dealkylation sites (N-methyl/N-ethyl adjacent to an activating group) is 1. The number of carbonyl (C=O) groups excluding carboxylic acids is 1. The van der Waals surface area contributed by atoms with Crippen molar-refractivity contribution in [3.63, 3.8) is 0 Å². The minimum absolute atomic E-state index is 0.0865. The number of hydrogen-bond donors (Lipinski definition) is 2. The van der Waals surface area contributed by atoms with Gasteiger partial charge in [0, 0.05) is 18.8 Å². The van der Waals surface area contributed by atoms with Crippen LogP contribution in [0, 0.1) is 0 Å². The fourth-order valence-electron chi connectivity index (χ4n) is 2.54. The van der Waals surface area contributed by atoms with E-state index in [9.17, 15) is 4.79 Å². The number of hydrogen-bond acceptors (Lipinski definition) is 3. The molecule has 0 saturated carbocycles. The third kappa shape index (κ3) is 2.34. The normalized spacial score (nSPS) is 22.7. The maximum absolute atomic E-state index is 12.1. The Morgan fingerprint density at radius 1 is 1.39 bits per heavy atom. The van der Waals surface area contributed by atoms with E-state index in [0.29, 0.717) is 13.1 Å². The maximum atomic E-state index is 12.1. The Labute approximate surface area is 108 Å². The van der Waals surface area contributed by atoms with Crippen LogP contribution in [0.2, 0.25) is 0 Å². The van der Waals surface area contributed by atoms with Crippen molar-refractivity contribution < 1.29 is 4.79 Å². The predicted octanol–water partition coefficient (Wildman–Crippen LogP) is 0.989. The minimum Gasteiger partial charge on any atom is -0.352 e. The maximum Gasteiger partial charge on any atom is 0.244 e. The molecule has 1 fully saturated rings. The second-order valence-corrected chi connectivity index (χ2v) is 5.31. The van der Waals surface area contributed by atoms with E-state index in [2.05, 4.69) is 41.5 Å². The van der Waals surface area contributed by atoms with Crippen molar-refractivity contribution in [2.24, 2.45) is 0 Å². The van der Waals surface area contributed by atoms with Gasteiger partial charge in [0.25, 0.3) is 0 Å². The number of para-hydroxylation sites is 1. The highest BCUT2D eigenvalue weighted by Crippen LogP contribution is 2.28. The largest absolute Gasteiger partial charge is 0.352 e. The van der Waals surface area contributed by atoms with Crippen molar-refractivity contribution in [2.75, 3.05) is 25.0 Å². The molecule has 4 heteroatoms. The molecule has 0 bridgehead atoms. The van der Waals surface area contributed by atoms with Crippen LogP contribution in [-0.2, 0) is 4.79 Å². The molecule has 1 atom stereocenters. The van der Waals surface area contributed by atoms with Crippen LogP contribution in [0.1, 0.15) is 13.8 Å². The first kappa shape index (κ1) is 12.9. The zero-order chi connectivity index (χ0) is 13.2. The van der Waals surface area contributed by atoms with Crippen molar-refractivity contribution in [1.82, 2.24) is 10.6 Å². The molecule has 1 aromatic rings. The highest BCUT2D eigenvalue weighted by atomic mass is 16.2. The van der Waals surface area contributed by atoms with Crippen LogP contribution < -0.4 is 15.5 Å². The molecule has 2 N–H and O–H groups in total. The minimum atomic E-state index is -0.166. The molecule has 1 saturated heterocycles. The van der Waals surface area contributed by atoms with Gasteiger partial charge in [-0.25, -0.2) is 0 Å². The van der Waals surface area contributed by atoms with Crippen molar-refractivity contribution in [1.29, 1.82) is 0 Å². The SMILES string of the molecule is CNCC1C(=O)NCC(C)(C)N1c1ccccc1. The molecule has 1 amide bonds. The lowest BCUT2D eigenvalue weighted by molar-refractivity contribution is -0.124. The standard InChI is InChI=1S/C14H21N3O/c1-14(2)10-16-13(18)12(9-15-3)17(14)11-7-5-4-6-8-11/h4-8,12,15H,9-10H2,1-3H3,(H,16,18). The van der Waals surface area contributed by atoms with Crippen molar-refractivity contribution >= 4 is 11.6 Å². The van der Waals surface area contributed by atoms with E-state index in [4.69, 9.17) is 0 Å². The van der Waals surface area contributed by atoms with Gasteiger partial charge >= 0.3 is 0 Å². The summed E-state index contributed by atoms with van der Waals surface area (Å²) in [6.07, 6.45) is 0. The lowest BCUT2D eigenvalue weighted by Gasteiger charge is -2.48.